The van der Waals surface area contributed by atoms with Gasteiger partial charge in [0.15, 0.2) is 0 Å². The number of sulfonamides is 1. The molecule has 0 radical (unpaired) electrons. The van der Waals surface area contributed by atoms with Gasteiger partial charge in [-0.15, -0.1) is 4.83 Å². The van der Waals surface area contributed by atoms with Crippen molar-refractivity contribution in [2.45, 2.75) is 30.2 Å². The van der Waals surface area contributed by atoms with Crippen molar-refractivity contribution in [1.29, 1.82) is 0 Å². The Morgan fingerprint density at radius 2 is 1.68 bits per heavy atom. The summed E-state index contributed by atoms with van der Waals surface area (Å²) in [7, 11) is -2.69. The van der Waals surface area contributed by atoms with Gasteiger partial charge < -0.3 is 4.74 Å². The van der Waals surface area contributed by atoms with Gasteiger partial charge >= 0.3 is 5.97 Å². The Morgan fingerprint density at radius 3 is 2.34 bits per heavy atom. The molecule has 6 nitrogen and oxygen atoms in total. The molecule has 1 aliphatic rings. The van der Waals surface area contributed by atoms with Gasteiger partial charge in [-0.25, -0.2) is 8.42 Å². The smallest absolute Gasteiger partial charge is 0.306 e. The van der Waals surface area contributed by atoms with Crippen LogP contribution in [-0.2, 0) is 19.6 Å². The van der Waals surface area contributed by atoms with E-state index >= 15 is 0 Å². The van der Waals surface area contributed by atoms with Gasteiger partial charge in [-0.1, -0.05) is 93.8 Å². The van der Waals surface area contributed by atoms with Gasteiger partial charge in [0, 0.05) is 15.4 Å². The first-order valence-electron chi connectivity index (χ1n) is 12.9. The number of ether oxygens (including phenoxy) is 1. The quantitative estimate of drug-likeness (QED) is 0.200. The summed E-state index contributed by atoms with van der Waals surface area (Å²) < 4.78 is 33.8. The van der Waals surface area contributed by atoms with E-state index in [4.69, 9.17) is 16.3 Å². The maximum atomic E-state index is 13.9. The lowest BCUT2D eigenvalue weighted by molar-refractivity contribution is -0.141. The fourth-order valence-corrected chi connectivity index (χ4v) is 6.57. The van der Waals surface area contributed by atoms with Gasteiger partial charge in [-0.3, -0.25) is 9.80 Å². The number of halogens is 2. The van der Waals surface area contributed by atoms with E-state index < -0.39 is 28.0 Å². The number of nitrogens with zero attached hydrogens (tertiary/aromatic N) is 1. The lowest BCUT2D eigenvalue weighted by atomic mass is 9.80. The van der Waals surface area contributed by atoms with Crippen molar-refractivity contribution in [3.8, 4) is 0 Å². The van der Waals surface area contributed by atoms with Crippen molar-refractivity contribution in [2.75, 3.05) is 7.11 Å². The number of benzene rings is 4. The second-order valence-corrected chi connectivity index (χ2v) is 12.8. The summed E-state index contributed by atoms with van der Waals surface area (Å²) in [6.07, 6.45) is 1.94. The summed E-state index contributed by atoms with van der Waals surface area (Å²) in [6.45, 7) is 1.90. The van der Waals surface area contributed by atoms with Gasteiger partial charge in [0.25, 0.3) is 10.0 Å². The number of hydrogen-bond donors (Lipinski definition) is 1. The van der Waals surface area contributed by atoms with Crippen LogP contribution >= 0.6 is 27.5 Å². The van der Waals surface area contributed by atoms with Crippen LogP contribution in [0.3, 0.4) is 0 Å². The third-order valence-corrected chi connectivity index (χ3v) is 9.20. The van der Waals surface area contributed by atoms with Crippen LogP contribution in [0.5, 0.6) is 0 Å². The molecule has 0 unspecified atom stereocenters. The second-order valence-electron chi connectivity index (χ2n) is 9.83. The molecule has 0 saturated carbocycles. The summed E-state index contributed by atoms with van der Waals surface area (Å²) in [6, 6.07) is 28.7. The molecule has 0 aliphatic carbocycles. The molecule has 0 amide bonds. The predicted molar refractivity (Wildman–Crippen MR) is 165 cm³/mol. The molecular weight excluding hydrogens is 624 g/mol. The number of hydrazine groups is 1. The van der Waals surface area contributed by atoms with Crippen LogP contribution in [0.25, 0.3) is 11.8 Å². The average molecular weight is 652 g/mol. The molecule has 1 heterocycles. The highest BCUT2D eigenvalue weighted by molar-refractivity contribution is 9.10. The Hall–Kier alpha value is -3.43. The van der Waals surface area contributed by atoms with Gasteiger partial charge in [-0.2, -0.15) is 0 Å². The van der Waals surface area contributed by atoms with Crippen LogP contribution in [0.1, 0.15) is 46.2 Å². The molecule has 0 aromatic heterocycles. The third-order valence-electron chi connectivity index (χ3n) is 7.11. The highest BCUT2D eigenvalue weighted by Crippen LogP contribution is 2.47. The number of fused-ring (bicyclic) bond motifs is 1. The monoisotopic (exact) mass is 650 g/mol. The first-order valence-corrected chi connectivity index (χ1v) is 15.6. The van der Waals surface area contributed by atoms with E-state index in [0.717, 1.165) is 32.3 Å². The number of carbonyl (C=O) groups excluding carboxylic acids is 1. The maximum absolute atomic E-state index is 13.9. The van der Waals surface area contributed by atoms with Crippen LogP contribution in [-0.4, -0.2) is 26.5 Å². The highest BCUT2D eigenvalue weighted by atomic mass is 79.9. The van der Waals surface area contributed by atoms with Crippen LogP contribution < -0.4 is 4.83 Å². The van der Waals surface area contributed by atoms with Gasteiger partial charge in [0.2, 0.25) is 0 Å². The van der Waals surface area contributed by atoms with E-state index in [1.54, 1.807) is 35.3 Å². The Bertz CT molecular complexity index is 1690. The number of rotatable bonds is 8. The highest BCUT2D eigenvalue weighted by Gasteiger charge is 2.39. The average Bonchev–Trinajstić information content (AvgIpc) is 2.97. The number of carbonyl (C=O) groups is 1. The molecule has 4 aromatic rings. The molecule has 41 heavy (non-hydrogen) atoms. The van der Waals surface area contributed by atoms with E-state index in [-0.39, 0.29) is 11.3 Å². The molecule has 0 fully saturated rings. The van der Waals surface area contributed by atoms with Crippen molar-refractivity contribution in [3.05, 3.63) is 134 Å². The summed E-state index contributed by atoms with van der Waals surface area (Å²) in [5.41, 5.74) is 4.87. The minimum absolute atomic E-state index is 0.000415. The maximum Gasteiger partial charge on any atom is 0.306 e. The molecule has 0 saturated heterocycles. The van der Waals surface area contributed by atoms with Gasteiger partial charge in [-0.05, 0) is 71.7 Å². The molecule has 0 spiro atoms. The van der Waals surface area contributed by atoms with Crippen LogP contribution in [0.2, 0.25) is 5.02 Å². The topological polar surface area (TPSA) is 75.7 Å². The molecule has 9 heteroatoms. The Kier molecular flexibility index (Phi) is 8.66. The van der Waals surface area contributed by atoms with E-state index in [0.29, 0.717) is 10.7 Å². The zero-order valence-corrected chi connectivity index (χ0v) is 25.6. The number of nitrogens with one attached hydrogen (secondary N) is 1. The normalized spacial score (nSPS) is 15.6. The largest absolute Gasteiger partial charge is 0.469 e. The van der Waals surface area contributed by atoms with Gasteiger partial charge in [0.1, 0.15) is 0 Å². The molecule has 0 bridgehead atoms. The van der Waals surface area contributed by atoms with Crippen LogP contribution in [0, 0.1) is 6.92 Å². The van der Waals surface area contributed by atoms with Crippen molar-refractivity contribution in [2.24, 2.45) is 0 Å². The molecule has 5 rings (SSSR count). The minimum Gasteiger partial charge on any atom is -0.469 e. The molecular formula is C32H28BrClN2O4S. The van der Waals surface area contributed by atoms with E-state index in [1.807, 2.05) is 79.7 Å². The second kappa shape index (κ2) is 12.2. The van der Waals surface area contributed by atoms with Crippen molar-refractivity contribution < 1.29 is 17.9 Å². The number of esters is 1. The first kappa shape index (κ1) is 29.1. The van der Waals surface area contributed by atoms with Gasteiger partial charge in [0.05, 0.1) is 30.2 Å². The minimum atomic E-state index is -4.04. The van der Waals surface area contributed by atoms with E-state index in [9.17, 15) is 13.2 Å². The molecule has 1 N–H and O–H groups in total. The molecule has 2 atom stereocenters. The lowest BCUT2D eigenvalue weighted by Crippen LogP contribution is -2.46. The molecule has 1 aliphatic heterocycles. The Labute approximate surface area is 253 Å². The van der Waals surface area contributed by atoms with Crippen molar-refractivity contribution in [1.82, 2.24) is 9.84 Å². The van der Waals surface area contributed by atoms with Crippen molar-refractivity contribution in [3.63, 3.8) is 0 Å². The first-order chi connectivity index (χ1) is 19.7. The van der Waals surface area contributed by atoms with E-state index in [2.05, 4.69) is 20.8 Å². The summed E-state index contributed by atoms with van der Waals surface area (Å²) in [5.74, 6) is -0.931. The zero-order chi connectivity index (χ0) is 29.1. The molecule has 210 valence electrons. The predicted octanol–water partition coefficient (Wildman–Crippen LogP) is 7.51. The number of aryl methyl sites for hydroxylation is 1. The third kappa shape index (κ3) is 6.41. The Morgan fingerprint density at radius 1 is 1.00 bits per heavy atom. The van der Waals surface area contributed by atoms with Crippen LogP contribution in [0.4, 0.5) is 0 Å². The summed E-state index contributed by atoms with van der Waals surface area (Å²) >= 11 is 10.0. The number of methoxy groups -OCH3 is 1. The Balaban J connectivity index is 1.75. The van der Waals surface area contributed by atoms with E-state index in [1.165, 1.54) is 7.11 Å². The fraction of sp³-hybridized carbons (Fsp3) is 0.156. The van der Waals surface area contributed by atoms with Crippen LogP contribution in [0.15, 0.2) is 106 Å². The van der Waals surface area contributed by atoms with Crippen molar-refractivity contribution >= 4 is 55.3 Å². The number of hydrogen-bond acceptors (Lipinski definition) is 5. The molecule has 4 aromatic carbocycles. The summed E-state index contributed by atoms with van der Waals surface area (Å²) in [4.78, 5) is 15.9. The summed E-state index contributed by atoms with van der Waals surface area (Å²) in [5, 5.41) is 2.15. The zero-order valence-electron chi connectivity index (χ0n) is 22.4. The standard InChI is InChI=1S/C32H28BrClN2O4S/c1-21-8-16-27(17-9-21)41(38,39)35-36-30(23-6-4-3-5-7-23)18-24-12-15-26(34)19-28(24)32(36)29(20-31(37)40-2)22-10-13-25(33)14-11-22/h3-19,29,32,35H,20H2,1-2H3/t29-,32+/m1/s1. The SMILES string of the molecule is COC(=O)C[C@H](c1ccc(Br)cc1)[C@@H]1c2cc(Cl)ccc2C=C(c2ccccc2)N1NS(=O)(=O)c1ccc(C)cc1. The fourth-order valence-electron chi connectivity index (χ4n) is 5.06. The lowest BCUT2D eigenvalue weighted by Gasteiger charge is -2.43.